The Kier molecular flexibility index (Phi) is 7.12. The quantitative estimate of drug-likeness (QED) is 0.601. The number of rotatable bonds is 7. The van der Waals surface area contributed by atoms with Gasteiger partial charge in [0.15, 0.2) is 14.9 Å². The maximum Gasteiger partial charge on any atom is 0.282 e. The maximum atomic E-state index is 14.5. The number of sulfone groups is 1. The molecule has 180 valence electrons. The van der Waals surface area contributed by atoms with Crippen LogP contribution < -0.4 is 5.73 Å². The van der Waals surface area contributed by atoms with E-state index in [1.807, 2.05) is 0 Å². The van der Waals surface area contributed by atoms with E-state index in [9.17, 15) is 21.2 Å². The van der Waals surface area contributed by atoms with Gasteiger partial charge in [0.05, 0.1) is 19.0 Å². The van der Waals surface area contributed by atoms with E-state index < -0.39 is 43.6 Å². The number of nitrogens with two attached hydrogens (primary N) is 1. The van der Waals surface area contributed by atoms with Gasteiger partial charge in [-0.2, -0.15) is 17.0 Å². The SMILES string of the molecule is NCc1ccnc(S(=O)(=O)C[C@H]2C[C@@H](c3ccccc3F)CN2S(=O)(=O)N2CCOCC2)c1. The van der Waals surface area contributed by atoms with Crippen molar-refractivity contribution in [3.63, 3.8) is 0 Å². The summed E-state index contributed by atoms with van der Waals surface area (Å²) in [7, 11) is -7.90. The van der Waals surface area contributed by atoms with Crippen LogP contribution in [0.3, 0.4) is 0 Å². The molecular formula is C21H27FN4O5S2. The van der Waals surface area contributed by atoms with Crippen LogP contribution in [-0.2, 0) is 31.3 Å². The van der Waals surface area contributed by atoms with E-state index in [2.05, 4.69) is 4.98 Å². The number of hydrogen-bond acceptors (Lipinski definition) is 7. The largest absolute Gasteiger partial charge is 0.379 e. The number of hydrogen-bond donors (Lipinski definition) is 1. The fourth-order valence-corrected chi connectivity index (χ4v) is 7.82. The molecule has 0 unspecified atom stereocenters. The molecule has 2 fully saturated rings. The lowest BCUT2D eigenvalue weighted by atomic mass is 9.96. The second-order valence-corrected chi connectivity index (χ2v) is 12.0. The summed E-state index contributed by atoms with van der Waals surface area (Å²) in [4.78, 5) is 3.97. The third kappa shape index (κ3) is 5.10. The maximum absolute atomic E-state index is 14.5. The molecule has 2 atom stereocenters. The first-order valence-corrected chi connectivity index (χ1v) is 13.7. The zero-order valence-electron chi connectivity index (χ0n) is 18.0. The predicted octanol–water partition coefficient (Wildman–Crippen LogP) is 0.888. The van der Waals surface area contributed by atoms with Gasteiger partial charge in [-0.25, -0.2) is 17.8 Å². The van der Waals surface area contributed by atoms with Crippen molar-refractivity contribution in [2.45, 2.75) is 30.0 Å². The Morgan fingerprint density at radius 3 is 2.55 bits per heavy atom. The van der Waals surface area contributed by atoms with Gasteiger partial charge in [-0.1, -0.05) is 18.2 Å². The van der Waals surface area contributed by atoms with Crippen LogP contribution in [-0.4, -0.2) is 75.1 Å². The minimum Gasteiger partial charge on any atom is -0.379 e. The molecule has 0 bridgehead atoms. The van der Waals surface area contributed by atoms with Crippen molar-refractivity contribution in [1.82, 2.24) is 13.6 Å². The third-order valence-corrected chi connectivity index (χ3v) is 9.81. The molecule has 0 amide bonds. The highest BCUT2D eigenvalue weighted by atomic mass is 32.2. The Morgan fingerprint density at radius 2 is 1.85 bits per heavy atom. The first kappa shape index (κ1) is 24.2. The van der Waals surface area contributed by atoms with Crippen LogP contribution in [0.2, 0.25) is 0 Å². The lowest BCUT2D eigenvalue weighted by Gasteiger charge is -2.32. The van der Waals surface area contributed by atoms with Crippen molar-refractivity contribution in [2.24, 2.45) is 5.73 Å². The molecule has 2 saturated heterocycles. The molecule has 2 aromatic rings. The summed E-state index contributed by atoms with van der Waals surface area (Å²) < 4.78 is 75.5. The average Bonchev–Trinajstić information content (AvgIpc) is 3.23. The highest BCUT2D eigenvalue weighted by Gasteiger charge is 2.45. The molecule has 0 aliphatic carbocycles. The lowest BCUT2D eigenvalue weighted by molar-refractivity contribution is 0.0700. The molecule has 0 radical (unpaired) electrons. The van der Waals surface area contributed by atoms with Gasteiger partial charge in [-0.3, -0.25) is 0 Å². The van der Waals surface area contributed by atoms with Crippen LogP contribution in [0.5, 0.6) is 0 Å². The molecule has 2 aliphatic rings. The van der Waals surface area contributed by atoms with Crippen molar-refractivity contribution in [1.29, 1.82) is 0 Å². The number of pyridine rings is 1. The molecule has 33 heavy (non-hydrogen) atoms. The molecule has 3 heterocycles. The Hall–Kier alpha value is -1.96. The van der Waals surface area contributed by atoms with Crippen molar-refractivity contribution in [3.8, 4) is 0 Å². The number of benzene rings is 1. The molecule has 12 heteroatoms. The van der Waals surface area contributed by atoms with Gasteiger partial charge in [0.1, 0.15) is 5.82 Å². The second-order valence-electron chi connectivity index (χ2n) is 8.18. The zero-order chi connectivity index (χ0) is 23.6. The average molecular weight is 499 g/mol. The predicted molar refractivity (Wildman–Crippen MR) is 120 cm³/mol. The molecule has 0 saturated carbocycles. The third-order valence-electron chi connectivity index (χ3n) is 6.07. The molecule has 2 aliphatic heterocycles. The van der Waals surface area contributed by atoms with Crippen LogP contribution in [0.25, 0.3) is 0 Å². The number of ether oxygens (including phenoxy) is 1. The van der Waals surface area contributed by atoms with Gasteiger partial charge in [0.25, 0.3) is 10.2 Å². The van der Waals surface area contributed by atoms with Crippen LogP contribution in [0.4, 0.5) is 4.39 Å². The number of morpholine rings is 1. The number of halogens is 1. The van der Waals surface area contributed by atoms with Gasteiger partial charge < -0.3 is 10.5 Å². The van der Waals surface area contributed by atoms with Gasteiger partial charge in [-0.15, -0.1) is 0 Å². The van der Waals surface area contributed by atoms with E-state index in [0.717, 1.165) is 0 Å². The van der Waals surface area contributed by atoms with E-state index in [-0.39, 0.29) is 50.8 Å². The standard InChI is InChI=1S/C21H27FN4O5S2/c22-20-4-2-1-3-19(20)17-12-18(15-32(27,28)21-11-16(13-23)5-6-24-21)26(14-17)33(29,30)25-7-9-31-10-8-25/h1-6,11,17-18H,7-10,12-15,23H2/t17-,18-/m1/s1. The summed E-state index contributed by atoms with van der Waals surface area (Å²) in [6.07, 6.45) is 1.55. The molecule has 4 rings (SSSR count). The smallest absolute Gasteiger partial charge is 0.282 e. The molecule has 2 N–H and O–H groups in total. The Balaban J connectivity index is 1.67. The van der Waals surface area contributed by atoms with Gasteiger partial charge in [0, 0.05) is 44.3 Å². The van der Waals surface area contributed by atoms with Crippen molar-refractivity contribution in [3.05, 3.63) is 59.5 Å². The molecule has 1 aromatic heterocycles. The summed E-state index contributed by atoms with van der Waals surface area (Å²) in [6, 6.07) is 8.35. The van der Waals surface area contributed by atoms with Gasteiger partial charge in [-0.05, 0) is 35.7 Å². The van der Waals surface area contributed by atoms with E-state index in [4.69, 9.17) is 10.5 Å². The molecule has 0 spiro atoms. The van der Waals surface area contributed by atoms with Crippen molar-refractivity contribution in [2.75, 3.05) is 38.6 Å². The minimum atomic E-state index is -3.97. The first-order chi connectivity index (χ1) is 15.7. The highest BCUT2D eigenvalue weighted by Crippen LogP contribution is 2.37. The number of nitrogens with zero attached hydrogens (tertiary/aromatic N) is 3. The fourth-order valence-electron chi connectivity index (χ4n) is 4.36. The van der Waals surface area contributed by atoms with Crippen LogP contribution >= 0.6 is 0 Å². The van der Waals surface area contributed by atoms with Crippen LogP contribution in [0.1, 0.15) is 23.5 Å². The zero-order valence-corrected chi connectivity index (χ0v) is 19.6. The summed E-state index contributed by atoms with van der Waals surface area (Å²) in [5.74, 6) is -1.36. The Labute approximate surface area is 193 Å². The Bertz CT molecular complexity index is 1200. The molecule has 9 nitrogen and oxygen atoms in total. The first-order valence-electron chi connectivity index (χ1n) is 10.7. The summed E-state index contributed by atoms with van der Waals surface area (Å²) in [5.41, 5.74) is 6.61. The van der Waals surface area contributed by atoms with E-state index >= 15 is 0 Å². The highest BCUT2D eigenvalue weighted by molar-refractivity contribution is 7.91. The van der Waals surface area contributed by atoms with E-state index in [1.54, 1.807) is 24.3 Å². The van der Waals surface area contributed by atoms with Gasteiger partial charge in [0.2, 0.25) is 0 Å². The van der Waals surface area contributed by atoms with Crippen LogP contribution in [0, 0.1) is 5.82 Å². The summed E-state index contributed by atoms with van der Waals surface area (Å²) >= 11 is 0. The normalized spacial score (nSPS) is 23.1. The van der Waals surface area contributed by atoms with Crippen molar-refractivity contribution >= 4 is 20.0 Å². The molecular weight excluding hydrogens is 471 g/mol. The summed E-state index contributed by atoms with van der Waals surface area (Å²) in [6.45, 7) is 1.05. The van der Waals surface area contributed by atoms with Crippen molar-refractivity contribution < 1.29 is 26.0 Å². The van der Waals surface area contributed by atoms with Gasteiger partial charge >= 0.3 is 0 Å². The minimum absolute atomic E-state index is 0.00290. The lowest BCUT2D eigenvalue weighted by Crippen LogP contribution is -2.51. The monoisotopic (exact) mass is 498 g/mol. The van der Waals surface area contributed by atoms with Crippen LogP contribution in [0.15, 0.2) is 47.6 Å². The van der Waals surface area contributed by atoms with E-state index in [1.165, 1.54) is 26.9 Å². The molecule has 1 aromatic carbocycles. The second kappa shape index (κ2) is 9.72. The van der Waals surface area contributed by atoms with E-state index in [0.29, 0.717) is 11.1 Å². The Morgan fingerprint density at radius 1 is 1.12 bits per heavy atom. The number of aromatic nitrogens is 1. The summed E-state index contributed by atoms with van der Waals surface area (Å²) in [5, 5.41) is -0.150. The topological polar surface area (TPSA) is 123 Å². The fraction of sp³-hybridized carbons (Fsp3) is 0.476.